The Hall–Kier alpha value is -3.03. The highest BCUT2D eigenvalue weighted by atomic mass is 35.7. The van der Waals surface area contributed by atoms with Crippen LogP contribution in [0.3, 0.4) is 0 Å². The van der Waals surface area contributed by atoms with E-state index in [0.717, 1.165) is 90.5 Å². The number of piperidine rings is 2. The van der Waals surface area contributed by atoms with Crippen molar-refractivity contribution >= 4 is 88.0 Å². The predicted molar refractivity (Wildman–Crippen MR) is 301 cm³/mol. The highest BCUT2D eigenvalue weighted by Gasteiger charge is 2.47. The van der Waals surface area contributed by atoms with Crippen molar-refractivity contribution in [2.75, 3.05) is 52.4 Å². The molecule has 0 bridgehead atoms. The van der Waals surface area contributed by atoms with Crippen molar-refractivity contribution in [2.24, 2.45) is 11.7 Å². The number of benzene rings is 4. The third-order valence-corrected chi connectivity index (χ3v) is 20.5. The molecule has 0 aliphatic carbocycles. The zero-order chi connectivity index (χ0) is 53.4. The Morgan fingerprint density at radius 2 is 1.12 bits per heavy atom. The number of aryl methyl sites for hydroxylation is 2. The van der Waals surface area contributed by atoms with Crippen molar-refractivity contribution in [1.29, 1.82) is 0 Å². The molecule has 0 saturated carbocycles. The molecule has 6 aliphatic heterocycles. The van der Waals surface area contributed by atoms with E-state index in [4.69, 9.17) is 62.8 Å². The number of carbonyl (C=O) groups excluding carboxylic acids is 2. The molecule has 408 valence electrons. The summed E-state index contributed by atoms with van der Waals surface area (Å²) in [6.07, 6.45) is 11.7. The van der Waals surface area contributed by atoms with Gasteiger partial charge in [0.25, 0.3) is 9.05 Å². The fraction of sp³-hybridized carbons (Fsp3) is 0.527. The van der Waals surface area contributed by atoms with Crippen molar-refractivity contribution in [3.63, 3.8) is 0 Å². The summed E-state index contributed by atoms with van der Waals surface area (Å²) in [6, 6.07) is 30.4. The molecule has 2 unspecified atom stereocenters. The van der Waals surface area contributed by atoms with Crippen molar-refractivity contribution < 1.29 is 26.4 Å². The number of nitrogens with one attached hydrogen (secondary N) is 1. The second-order valence-electron chi connectivity index (χ2n) is 21.0. The van der Waals surface area contributed by atoms with E-state index in [1.165, 1.54) is 58.3 Å². The molecule has 0 aromatic heterocycles. The SMILES string of the molecule is C[C@@H]1C[C@H]2C(=O)N([C@@H]3CCCNC3)CCC(CCc3ccccc3)N2C1.N[C@@H]1C[C@H]2C(=O)N([C@@H]3CCCN(S(=O)(=O)c4ccc(Cl)c(Cl)c4)C3)CCC(CCc3ccccc3)N2C1.O=S(=O)(Cl)c1ccc(Cl)c(Cl)c1. The van der Waals surface area contributed by atoms with Crippen LogP contribution >= 0.6 is 57.1 Å². The zero-order valence-electron chi connectivity index (χ0n) is 42.5. The topological polar surface area (TPSA) is 157 Å². The fourth-order valence-electron chi connectivity index (χ4n) is 12.0. The standard InChI is InChI=1S/C27H34Cl2N4O3S.C22H33N3O.C6H3Cl3O2S/c28-24-11-10-23(16-25(24)29)37(35,36)31-13-4-7-22(18-31)32-14-12-21(9-8-19-5-2-1-3-6-19)33-17-20(30)15-26(33)27(32)34;1-17-14-21-22(26)24(20-8-5-12-23-15-20)13-11-19(25(21)16-17)10-9-18-6-3-2-4-7-18;7-5-2-1-4(3-6(5)8)12(9,10)11/h1-3,5-6,10-11,16,20-22,26H,4,7-9,12-15,17-18,30H2;2-4,6-7,17,19-21,23H,5,8-16H2,1H3;1-3H/t20-,21?,22-,26+;17-,19?,20-,21+;/m11./s1. The minimum absolute atomic E-state index is 0.0222. The summed E-state index contributed by atoms with van der Waals surface area (Å²) in [5.41, 5.74) is 9.06. The summed E-state index contributed by atoms with van der Waals surface area (Å²) in [6.45, 7) is 8.47. The van der Waals surface area contributed by atoms with Crippen molar-refractivity contribution in [3.8, 4) is 0 Å². The van der Waals surface area contributed by atoms with E-state index < -0.39 is 19.1 Å². The van der Waals surface area contributed by atoms with Crippen LogP contribution in [0, 0.1) is 5.92 Å². The number of amides is 2. The second-order valence-corrected chi connectivity index (χ2v) is 27.1. The number of hydrogen-bond donors (Lipinski definition) is 2. The first-order valence-electron chi connectivity index (χ1n) is 26.4. The number of rotatable bonds is 11. The van der Waals surface area contributed by atoms with Crippen LogP contribution in [0.1, 0.15) is 82.3 Å². The van der Waals surface area contributed by atoms with Crippen LogP contribution in [0.5, 0.6) is 0 Å². The van der Waals surface area contributed by atoms with E-state index in [1.807, 2.05) is 11.0 Å². The molecule has 4 aromatic carbocycles. The van der Waals surface area contributed by atoms with Gasteiger partial charge < -0.3 is 20.9 Å². The molecule has 6 aliphatic rings. The molecule has 10 rings (SSSR count). The molecule has 13 nitrogen and oxygen atoms in total. The van der Waals surface area contributed by atoms with Gasteiger partial charge >= 0.3 is 0 Å². The van der Waals surface area contributed by atoms with E-state index in [-0.39, 0.29) is 62.5 Å². The van der Waals surface area contributed by atoms with E-state index in [2.05, 4.69) is 81.5 Å². The van der Waals surface area contributed by atoms with Crippen LogP contribution in [-0.4, -0.2) is 147 Å². The van der Waals surface area contributed by atoms with Gasteiger partial charge in [0, 0.05) is 86.7 Å². The summed E-state index contributed by atoms with van der Waals surface area (Å²) >= 11 is 23.2. The minimum atomic E-state index is -3.75. The lowest BCUT2D eigenvalue weighted by Gasteiger charge is -2.39. The van der Waals surface area contributed by atoms with E-state index in [9.17, 15) is 26.4 Å². The van der Waals surface area contributed by atoms with Crippen LogP contribution in [0.2, 0.25) is 20.1 Å². The van der Waals surface area contributed by atoms with Crippen LogP contribution in [0.15, 0.2) is 107 Å². The Morgan fingerprint density at radius 3 is 1.67 bits per heavy atom. The first-order chi connectivity index (χ1) is 35.9. The first-order valence-corrected chi connectivity index (χ1v) is 31.6. The average Bonchev–Trinajstić information content (AvgIpc) is 3.93. The molecular formula is C55H70Cl5N7O6S2. The van der Waals surface area contributed by atoms with Gasteiger partial charge in [-0.05, 0) is 137 Å². The van der Waals surface area contributed by atoms with Gasteiger partial charge in [0.1, 0.15) is 0 Å². The summed E-state index contributed by atoms with van der Waals surface area (Å²) in [7, 11) is -2.41. The Bertz CT molecular complexity index is 2800. The van der Waals surface area contributed by atoms with Gasteiger partial charge in [-0.1, -0.05) is 114 Å². The molecule has 75 heavy (non-hydrogen) atoms. The van der Waals surface area contributed by atoms with Crippen LogP contribution in [0.25, 0.3) is 0 Å². The van der Waals surface area contributed by atoms with Gasteiger partial charge in [-0.15, -0.1) is 0 Å². The fourth-order valence-corrected chi connectivity index (χ4v) is 15.0. The Morgan fingerprint density at radius 1 is 0.600 bits per heavy atom. The van der Waals surface area contributed by atoms with Gasteiger partial charge in [-0.3, -0.25) is 19.4 Å². The van der Waals surface area contributed by atoms with Gasteiger partial charge in [0.15, 0.2) is 0 Å². The maximum atomic E-state index is 13.8. The van der Waals surface area contributed by atoms with E-state index >= 15 is 0 Å². The summed E-state index contributed by atoms with van der Waals surface area (Å²) < 4.78 is 49.9. The quantitative estimate of drug-likeness (QED) is 0.139. The van der Waals surface area contributed by atoms with Crippen LogP contribution in [0.4, 0.5) is 0 Å². The highest BCUT2D eigenvalue weighted by Crippen LogP contribution is 2.35. The molecule has 2 amide bonds. The lowest BCUT2D eigenvalue weighted by molar-refractivity contribution is -0.138. The van der Waals surface area contributed by atoms with Crippen LogP contribution in [-0.2, 0) is 41.5 Å². The maximum absolute atomic E-state index is 13.8. The lowest BCUT2D eigenvalue weighted by atomic mass is 10.0. The van der Waals surface area contributed by atoms with Gasteiger partial charge in [0.05, 0.1) is 42.0 Å². The molecule has 3 N–H and O–H groups in total. The normalized spacial score (nSPS) is 27.0. The molecule has 8 atom stereocenters. The van der Waals surface area contributed by atoms with Gasteiger partial charge in [-0.2, -0.15) is 4.31 Å². The zero-order valence-corrected chi connectivity index (χ0v) is 47.9. The van der Waals surface area contributed by atoms with Gasteiger partial charge in [0.2, 0.25) is 21.8 Å². The number of hydrogen-bond acceptors (Lipinski definition) is 10. The molecule has 6 saturated heterocycles. The van der Waals surface area contributed by atoms with Crippen LogP contribution < -0.4 is 11.1 Å². The molecule has 4 aromatic rings. The number of halogens is 5. The maximum Gasteiger partial charge on any atom is 0.261 e. The Labute approximate surface area is 468 Å². The number of nitrogens with two attached hydrogens (primary N) is 1. The number of nitrogens with zero attached hydrogens (tertiary/aromatic N) is 5. The number of carbonyl (C=O) groups is 2. The Kier molecular flexibility index (Phi) is 20.4. The first kappa shape index (κ1) is 58.1. The third kappa shape index (κ3) is 14.8. The monoisotopic (exact) mass is 1160 g/mol. The molecule has 0 radical (unpaired) electrons. The summed E-state index contributed by atoms with van der Waals surface area (Å²) in [5.74, 6) is 1.13. The summed E-state index contributed by atoms with van der Waals surface area (Å²) in [5, 5.41) is 4.47. The van der Waals surface area contributed by atoms with Crippen molar-refractivity contribution in [2.45, 2.75) is 136 Å². The molecule has 20 heteroatoms. The third-order valence-electron chi connectivity index (χ3n) is 15.8. The average molecular weight is 1170 g/mol. The number of sulfonamides is 1. The van der Waals surface area contributed by atoms with Crippen molar-refractivity contribution in [3.05, 3.63) is 128 Å². The largest absolute Gasteiger partial charge is 0.337 e. The number of fused-ring (bicyclic) bond motifs is 2. The van der Waals surface area contributed by atoms with Gasteiger partial charge in [-0.25, -0.2) is 16.8 Å². The smallest absolute Gasteiger partial charge is 0.261 e. The molecule has 6 fully saturated rings. The van der Waals surface area contributed by atoms with E-state index in [0.29, 0.717) is 59.9 Å². The van der Waals surface area contributed by atoms with Crippen molar-refractivity contribution in [1.82, 2.24) is 29.2 Å². The van der Waals surface area contributed by atoms with E-state index in [1.54, 1.807) is 0 Å². The highest BCUT2D eigenvalue weighted by molar-refractivity contribution is 8.13. The predicted octanol–water partition coefficient (Wildman–Crippen LogP) is 9.39. The molecule has 6 heterocycles. The molecule has 0 spiro atoms. The second kappa shape index (κ2) is 26.3. The minimum Gasteiger partial charge on any atom is -0.337 e. The Balaban J connectivity index is 0.000000170. The lowest BCUT2D eigenvalue weighted by Crippen LogP contribution is -2.54. The summed E-state index contributed by atoms with van der Waals surface area (Å²) in [4.78, 5) is 36.3. The molecular weight excluding hydrogens is 1100 g/mol.